The van der Waals surface area contributed by atoms with Gasteiger partial charge in [0.05, 0.1) is 10.6 Å². The van der Waals surface area contributed by atoms with Crippen molar-refractivity contribution in [2.45, 2.75) is 6.42 Å². The van der Waals surface area contributed by atoms with Gasteiger partial charge in [-0.25, -0.2) is 0 Å². The summed E-state index contributed by atoms with van der Waals surface area (Å²) in [6, 6.07) is 10.2. The van der Waals surface area contributed by atoms with E-state index in [4.69, 9.17) is 32.7 Å². The highest BCUT2D eigenvalue weighted by molar-refractivity contribution is 6.36. The van der Waals surface area contributed by atoms with E-state index >= 15 is 0 Å². The lowest BCUT2D eigenvalue weighted by molar-refractivity contribution is -0.116. The van der Waals surface area contributed by atoms with Crippen LogP contribution < -0.4 is 14.8 Å². The van der Waals surface area contributed by atoms with Crippen molar-refractivity contribution in [2.24, 2.45) is 0 Å². The van der Waals surface area contributed by atoms with Crippen molar-refractivity contribution in [2.75, 3.05) is 44.8 Å². The molecule has 1 fully saturated rings. The molecule has 2 aliphatic rings. The van der Waals surface area contributed by atoms with E-state index in [1.54, 1.807) is 41.3 Å². The molecule has 4 rings (SSSR count). The summed E-state index contributed by atoms with van der Waals surface area (Å²) < 4.78 is 10.6. The summed E-state index contributed by atoms with van der Waals surface area (Å²) in [5, 5.41) is 3.74. The molecule has 1 saturated heterocycles. The molecule has 2 aliphatic heterocycles. The van der Waals surface area contributed by atoms with Crippen LogP contribution in [-0.4, -0.2) is 61.1 Å². The van der Waals surface area contributed by atoms with Crippen molar-refractivity contribution >= 4 is 40.7 Å². The molecule has 0 aromatic heterocycles. The Bertz CT molecular complexity index is 961. The number of piperazine rings is 1. The Hall–Kier alpha value is -2.48. The van der Waals surface area contributed by atoms with E-state index < -0.39 is 0 Å². The van der Waals surface area contributed by atoms with Gasteiger partial charge in [-0.1, -0.05) is 23.2 Å². The Labute approximate surface area is 184 Å². The van der Waals surface area contributed by atoms with Gasteiger partial charge in [0.15, 0.2) is 11.5 Å². The van der Waals surface area contributed by atoms with Crippen LogP contribution in [0, 0.1) is 0 Å². The normalized spacial score (nSPS) is 15.9. The highest BCUT2D eigenvalue weighted by Gasteiger charge is 2.24. The second-order valence-electron chi connectivity index (χ2n) is 7.12. The molecule has 2 heterocycles. The molecule has 9 heteroatoms. The highest BCUT2D eigenvalue weighted by atomic mass is 35.5. The monoisotopic (exact) mass is 449 g/mol. The molecular weight excluding hydrogens is 429 g/mol. The number of ether oxygens (including phenoxy) is 2. The molecule has 0 bridgehead atoms. The first kappa shape index (κ1) is 20.8. The Balaban J connectivity index is 1.23. The fourth-order valence-corrected chi connectivity index (χ4v) is 3.95. The van der Waals surface area contributed by atoms with Crippen LogP contribution in [0.4, 0.5) is 5.69 Å². The molecule has 0 radical (unpaired) electrons. The first-order valence-corrected chi connectivity index (χ1v) is 10.4. The predicted molar refractivity (Wildman–Crippen MR) is 115 cm³/mol. The van der Waals surface area contributed by atoms with Crippen molar-refractivity contribution < 1.29 is 19.1 Å². The summed E-state index contributed by atoms with van der Waals surface area (Å²) in [5.41, 5.74) is 1.14. The zero-order valence-corrected chi connectivity index (χ0v) is 17.7. The van der Waals surface area contributed by atoms with Gasteiger partial charge in [0, 0.05) is 55.9 Å². The number of carbonyl (C=O) groups is 2. The van der Waals surface area contributed by atoms with Crippen LogP contribution in [-0.2, 0) is 4.79 Å². The topological polar surface area (TPSA) is 71.1 Å². The van der Waals surface area contributed by atoms with Gasteiger partial charge < -0.3 is 19.7 Å². The number of nitrogens with one attached hydrogen (secondary N) is 1. The van der Waals surface area contributed by atoms with Gasteiger partial charge in [-0.05, 0) is 30.3 Å². The number of rotatable bonds is 5. The van der Waals surface area contributed by atoms with Gasteiger partial charge in [-0.15, -0.1) is 0 Å². The molecule has 158 valence electrons. The standard InChI is InChI=1S/C21H21Cl2N3O4/c22-14-1-3-16(17(23)11-14)21(28)26-9-7-25(8-10-26)6-5-20(27)24-15-2-4-18-19(12-15)30-13-29-18/h1-4,11-12H,5-10,13H2,(H,24,27). The number of anilines is 1. The van der Waals surface area contributed by atoms with Gasteiger partial charge in [-0.3, -0.25) is 14.5 Å². The van der Waals surface area contributed by atoms with Crippen LogP contribution in [0.25, 0.3) is 0 Å². The van der Waals surface area contributed by atoms with Crippen LogP contribution in [0.2, 0.25) is 10.0 Å². The molecule has 0 saturated carbocycles. The summed E-state index contributed by atoms with van der Waals surface area (Å²) in [5.74, 6) is 1.15. The molecule has 2 amide bonds. The lowest BCUT2D eigenvalue weighted by Crippen LogP contribution is -2.49. The summed E-state index contributed by atoms with van der Waals surface area (Å²) >= 11 is 12.1. The van der Waals surface area contributed by atoms with Crippen molar-refractivity contribution in [3.8, 4) is 11.5 Å². The third kappa shape index (κ3) is 4.80. The number of hydrogen-bond acceptors (Lipinski definition) is 5. The molecule has 7 nitrogen and oxygen atoms in total. The maximum atomic E-state index is 12.7. The number of benzene rings is 2. The Morgan fingerprint density at radius 1 is 0.967 bits per heavy atom. The summed E-state index contributed by atoms with van der Waals surface area (Å²) in [4.78, 5) is 28.9. The van der Waals surface area contributed by atoms with Gasteiger partial charge in [0.25, 0.3) is 5.91 Å². The van der Waals surface area contributed by atoms with E-state index in [-0.39, 0.29) is 18.6 Å². The fourth-order valence-electron chi connectivity index (χ4n) is 3.47. The lowest BCUT2D eigenvalue weighted by atomic mass is 10.1. The maximum absolute atomic E-state index is 12.7. The minimum absolute atomic E-state index is 0.0692. The van der Waals surface area contributed by atoms with E-state index in [1.165, 1.54) is 0 Å². The van der Waals surface area contributed by atoms with Gasteiger partial charge >= 0.3 is 0 Å². The van der Waals surface area contributed by atoms with Crippen LogP contribution in [0.1, 0.15) is 16.8 Å². The van der Waals surface area contributed by atoms with Crippen LogP contribution in [0.3, 0.4) is 0 Å². The second-order valence-corrected chi connectivity index (χ2v) is 7.97. The molecule has 0 unspecified atom stereocenters. The average molecular weight is 450 g/mol. The second kappa shape index (κ2) is 9.12. The smallest absolute Gasteiger partial charge is 0.255 e. The first-order chi connectivity index (χ1) is 14.5. The van der Waals surface area contributed by atoms with E-state index in [1.807, 2.05) is 0 Å². The number of hydrogen-bond donors (Lipinski definition) is 1. The number of carbonyl (C=O) groups excluding carboxylic acids is 2. The number of nitrogens with zero attached hydrogens (tertiary/aromatic N) is 2. The Morgan fingerprint density at radius 3 is 2.50 bits per heavy atom. The third-order valence-electron chi connectivity index (χ3n) is 5.13. The van der Waals surface area contributed by atoms with Crippen LogP contribution >= 0.6 is 23.2 Å². The van der Waals surface area contributed by atoms with E-state index in [0.29, 0.717) is 71.9 Å². The minimum atomic E-state index is -0.100. The molecule has 2 aromatic carbocycles. The minimum Gasteiger partial charge on any atom is -0.454 e. The quantitative estimate of drug-likeness (QED) is 0.755. The summed E-state index contributed by atoms with van der Waals surface area (Å²) in [6.07, 6.45) is 0.366. The molecule has 1 N–H and O–H groups in total. The highest BCUT2D eigenvalue weighted by Crippen LogP contribution is 2.34. The van der Waals surface area contributed by atoms with Crippen molar-refractivity contribution in [3.63, 3.8) is 0 Å². The van der Waals surface area contributed by atoms with Crippen LogP contribution in [0.5, 0.6) is 11.5 Å². The fraction of sp³-hybridized carbons (Fsp3) is 0.333. The largest absolute Gasteiger partial charge is 0.454 e. The molecule has 0 spiro atoms. The first-order valence-electron chi connectivity index (χ1n) is 9.66. The van der Waals surface area contributed by atoms with Gasteiger partial charge in [0.2, 0.25) is 12.7 Å². The molecule has 2 aromatic rings. The van der Waals surface area contributed by atoms with E-state index in [0.717, 1.165) is 0 Å². The average Bonchev–Trinajstić information content (AvgIpc) is 3.20. The third-order valence-corrected chi connectivity index (χ3v) is 5.68. The molecule has 30 heavy (non-hydrogen) atoms. The van der Waals surface area contributed by atoms with Crippen molar-refractivity contribution in [1.29, 1.82) is 0 Å². The number of halogens is 2. The zero-order valence-electron chi connectivity index (χ0n) is 16.2. The van der Waals surface area contributed by atoms with Crippen molar-refractivity contribution in [1.82, 2.24) is 9.80 Å². The lowest BCUT2D eigenvalue weighted by Gasteiger charge is -2.34. The van der Waals surface area contributed by atoms with Crippen molar-refractivity contribution in [3.05, 3.63) is 52.0 Å². The predicted octanol–water partition coefficient (Wildman–Crippen LogP) is 3.51. The number of fused-ring (bicyclic) bond motifs is 1. The SMILES string of the molecule is O=C(CCN1CCN(C(=O)c2ccc(Cl)cc2Cl)CC1)Nc1ccc2c(c1)OCO2. The van der Waals surface area contributed by atoms with E-state index in [9.17, 15) is 9.59 Å². The molecule has 0 atom stereocenters. The Morgan fingerprint density at radius 2 is 1.73 bits per heavy atom. The molecule has 0 aliphatic carbocycles. The summed E-state index contributed by atoms with van der Waals surface area (Å²) in [7, 11) is 0. The Kier molecular flexibility index (Phi) is 6.32. The maximum Gasteiger partial charge on any atom is 0.255 e. The van der Waals surface area contributed by atoms with E-state index in [2.05, 4.69) is 10.2 Å². The van der Waals surface area contributed by atoms with Gasteiger partial charge in [0.1, 0.15) is 0 Å². The summed E-state index contributed by atoms with van der Waals surface area (Å²) in [6.45, 7) is 3.40. The number of amides is 2. The molecular formula is C21H21Cl2N3O4. The van der Waals surface area contributed by atoms with Gasteiger partial charge in [-0.2, -0.15) is 0 Å². The van der Waals surface area contributed by atoms with Crippen LogP contribution in [0.15, 0.2) is 36.4 Å². The zero-order chi connectivity index (χ0) is 21.1.